The van der Waals surface area contributed by atoms with Gasteiger partial charge < -0.3 is 24.1 Å². The quantitative estimate of drug-likeness (QED) is 0.0936. The van der Waals surface area contributed by atoms with Crippen molar-refractivity contribution >= 4 is 29.7 Å². The standard InChI is InChI=1S/C38H56O10/c1-9-10-11-12-13-14-15-16-17-18-30(42)48-37-21-24(3)36-20-23(2)33(46-26(5)40)38(36,44)34(47-27(6)41)28(22-45-25(4)39)19-29(32(36)43)31(37)35(37,7)8/h19-20,24,29,31,33-34,44H,9-18,21-22H2,1-8H3. The highest BCUT2D eigenvalue weighted by molar-refractivity contribution is 5.96. The number of allylic oxidation sites excluding steroid dienone is 1. The fraction of sp³-hybridized carbons (Fsp3) is 0.763. The highest BCUT2D eigenvalue weighted by atomic mass is 16.6. The van der Waals surface area contributed by atoms with Crippen LogP contribution >= 0.6 is 0 Å². The Balaban J connectivity index is 1.70. The van der Waals surface area contributed by atoms with E-state index in [0.717, 1.165) is 25.7 Å². The molecule has 4 aliphatic rings. The Morgan fingerprint density at radius 1 is 0.875 bits per heavy atom. The third-order valence-electron chi connectivity index (χ3n) is 11.6. The third-order valence-corrected chi connectivity index (χ3v) is 11.6. The van der Waals surface area contributed by atoms with Gasteiger partial charge in [0.25, 0.3) is 0 Å². The lowest BCUT2D eigenvalue weighted by Gasteiger charge is -2.49. The summed E-state index contributed by atoms with van der Waals surface area (Å²) in [5.74, 6) is -4.66. The first-order chi connectivity index (χ1) is 22.5. The summed E-state index contributed by atoms with van der Waals surface area (Å²) >= 11 is 0. The summed E-state index contributed by atoms with van der Waals surface area (Å²) in [5, 5.41) is 13.0. The predicted octanol–water partition coefficient (Wildman–Crippen LogP) is 6.11. The van der Waals surface area contributed by atoms with Crippen LogP contribution in [0, 0.1) is 28.6 Å². The molecule has 268 valence electrons. The minimum absolute atomic E-state index is 0.204. The molecule has 0 radical (unpaired) electrons. The largest absolute Gasteiger partial charge is 0.461 e. The fourth-order valence-corrected chi connectivity index (χ4v) is 9.38. The summed E-state index contributed by atoms with van der Waals surface area (Å²) < 4.78 is 23.3. The maximum Gasteiger partial charge on any atom is 0.306 e. The Labute approximate surface area is 285 Å². The Kier molecular flexibility index (Phi) is 11.4. The Morgan fingerprint density at radius 2 is 1.44 bits per heavy atom. The van der Waals surface area contributed by atoms with Crippen LogP contribution in [0.4, 0.5) is 0 Å². The summed E-state index contributed by atoms with van der Waals surface area (Å²) in [4.78, 5) is 65.5. The SMILES string of the molecule is CCCCCCCCCCCC(=O)OC12CC(C)C34C=C(C)C(OC(C)=O)C3(O)C(OC(C)=O)C(COC(C)=O)=CC(C4=O)C1C2(C)C. The minimum atomic E-state index is -2.27. The van der Waals surface area contributed by atoms with Gasteiger partial charge in [0.05, 0.1) is 5.41 Å². The molecule has 10 heteroatoms. The van der Waals surface area contributed by atoms with E-state index in [2.05, 4.69) is 6.92 Å². The molecule has 8 atom stereocenters. The van der Waals surface area contributed by atoms with Crippen LogP contribution in [0.3, 0.4) is 0 Å². The minimum Gasteiger partial charge on any atom is -0.461 e. The number of ketones is 1. The van der Waals surface area contributed by atoms with Gasteiger partial charge in [-0.3, -0.25) is 24.0 Å². The average molecular weight is 673 g/mol. The molecule has 1 spiro atoms. The molecule has 2 saturated carbocycles. The lowest BCUT2D eigenvalue weighted by atomic mass is 9.58. The zero-order chi connectivity index (χ0) is 35.7. The number of hydrogen-bond acceptors (Lipinski definition) is 10. The molecule has 8 unspecified atom stereocenters. The molecule has 0 aromatic carbocycles. The molecule has 48 heavy (non-hydrogen) atoms. The molecule has 1 N–H and O–H groups in total. The van der Waals surface area contributed by atoms with Gasteiger partial charge in [0, 0.05) is 50.0 Å². The van der Waals surface area contributed by atoms with Crippen molar-refractivity contribution in [3.8, 4) is 0 Å². The summed E-state index contributed by atoms with van der Waals surface area (Å²) in [7, 11) is 0. The molecule has 4 aliphatic carbocycles. The second-order valence-electron chi connectivity index (χ2n) is 15.2. The third kappa shape index (κ3) is 6.50. The van der Waals surface area contributed by atoms with Crippen molar-refractivity contribution in [3.05, 3.63) is 23.3 Å². The van der Waals surface area contributed by atoms with E-state index in [4.69, 9.17) is 18.9 Å². The van der Waals surface area contributed by atoms with Crippen molar-refractivity contribution in [1.82, 2.24) is 0 Å². The van der Waals surface area contributed by atoms with Gasteiger partial charge in [-0.1, -0.05) is 91.2 Å². The van der Waals surface area contributed by atoms with Crippen molar-refractivity contribution in [2.45, 2.75) is 149 Å². The number of fused-ring (bicyclic) bond motifs is 3. The number of rotatable bonds is 15. The van der Waals surface area contributed by atoms with Crippen molar-refractivity contribution in [2.75, 3.05) is 6.61 Å². The van der Waals surface area contributed by atoms with Crippen molar-refractivity contribution in [3.63, 3.8) is 0 Å². The monoisotopic (exact) mass is 672 g/mol. The van der Waals surface area contributed by atoms with E-state index in [9.17, 15) is 24.3 Å². The highest BCUT2D eigenvalue weighted by Gasteiger charge is 2.84. The first-order valence-electron chi connectivity index (χ1n) is 17.9. The van der Waals surface area contributed by atoms with E-state index in [1.807, 2.05) is 20.8 Å². The molecule has 0 aromatic heterocycles. The number of esters is 4. The van der Waals surface area contributed by atoms with E-state index < -0.39 is 69.9 Å². The van der Waals surface area contributed by atoms with Gasteiger partial charge in [0.2, 0.25) is 0 Å². The van der Waals surface area contributed by atoms with Crippen molar-refractivity contribution in [2.24, 2.45) is 28.6 Å². The van der Waals surface area contributed by atoms with Crippen molar-refractivity contribution in [1.29, 1.82) is 0 Å². The fourth-order valence-electron chi connectivity index (χ4n) is 9.38. The van der Waals surface area contributed by atoms with Crippen LogP contribution in [0.1, 0.15) is 126 Å². The maximum atomic E-state index is 15.1. The normalized spacial score (nSPS) is 34.4. The van der Waals surface area contributed by atoms with Crippen LogP contribution in [0.5, 0.6) is 0 Å². The zero-order valence-electron chi connectivity index (χ0n) is 30.1. The van der Waals surface area contributed by atoms with Gasteiger partial charge in [-0.05, 0) is 31.3 Å². The Bertz CT molecular complexity index is 1340. The summed E-state index contributed by atoms with van der Waals surface area (Å²) in [5.41, 5.74) is -4.93. The van der Waals surface area contributed by atoms with Crippen LogP contribution in [0.25, 0.3) is 0 Å². The smallest absolute Gasteiger partial charge is 0.306 e. The van der Waals surface area contributed by atoms with Crippen LogP contribution < -0.4 is 0 Å². The van der Waals surface area contributed by atoms with Crippen molar-refractivity contribution < 1.29 is 48.0 Å². The van der Waals surface area contributed by atoms with Crippen LogP contribution in [0.2, 0.25) is 0 Å². The Morgan fingerprint density at radius 3 is 2.00 bits per heavy atom. The van der Waals surface area contributed by atoms with E-state index in [0.29, 0.717) is 5.57 Å². The summed E-state index contributed by atoms with van der Waals surface area (Å²) in [6.45, 7) is 12.9. The number of carbonyl (C=O) groups is 5. The molecular formula is C38H56O10. The topological polar surface area (TPSA) is 142 Å². The number of carbonyl (C=O) groups excluding carboxylic acids is 5. The number of hydrogen-bond donors (Lipinski definition) is 1. The summed E-state index contributed by atoms with van der Waals surface area (Å²) in [6.07, 6.45) is 11.1. The number of aliphatic hydroxyl groups is 1. The summed E-state index contributed by atoms with van der Waals surface area (Å²) in [6, 6.07) is 0. The second-order valence-corrected chi connectivity index (χ2v) is 15.2. The van der Waals surface area contributed by atoms with Gasteiger partial charge in [-0.2, -0.15) is 0 Å². The number of ether oxygens (including phenoxy) is 4. The van der Waals surface area contributed by atoms with E-state index in [1.165, 1.54) is 52.9 Å². The van der Waals surface area contributed by atoms with Crippen LogP contribution in [-0.2, 0) is 42.9 Å². The lowest BCUT2D eigenvalue weighted by molar-refractivity contribution is -0.212. The molecule has 4 rings (SSSR count). The molecule has 2 fully saturated rings. The van der Waals surface area contributed by atoms with E-state index in [-0.39, 0.29) is 36.8 Å². The second kappa shape index (κ2) is 14.5. The predicted molar refractivity (Wildman–Crippen MR) is 177 cm³/mol. The van der Waals surface area contributed by atoms with Gasteiger partial charge in [-0.15, -0.1) is 0 Å². The van der Waals surface area contributed by atoms with Crippen LogP contribution in [0.15, 0.2) is 23.3 Å². The molecule has 2 bridgehead atoms. The molecule has 0 amide bonds. The lowest BCUT2D eigenvalue weighted by Crippen LogP contribution is -2.66. The average Bonchev–Trinajstić information content (AvgIpc) is 3.39. The first-order valence-corrected chi connectivity index (χ1v) is 17.9. The molecule has 0 saturated heterocycles. The number of Topliss-reactive ketones (excluding diaryl/α,β-unsaturated/α-hetero) is 1. The van der Waals surface area contributed by atoms with Gasteiger partial charge in [-0.25, -0.2) is 0 Å². The number of unbranched alkanes of at least 4 members (excludes halogenated alkanes) is 8. The first kappa shape index (κ1) is 37.8. The van der Waals surface area contributed by atoms with Gasteiger partial charge >= 0.3 is 23.9 Å². The maximum absolute atomic E-state index is 15.1. The molecule has 0 heterocycles. The molecule has 10 nitrogen and oxygen atoms in total. The van der Waals surface area contributed by atoms with Crippen LogP contribution in [-0.4, -0.2) is 64.8 Å². The highest BCUT2D eigenvalue weighted by Crippen LogP contribution is 2.75. The molecule has 0 aromatic rings. The van der Waals surface area contributed by atoms with Gasteiger partial charge in [0.1, 0.15) is 12.2 Å². The molecule has 0 aliphatic heterocycles. The van der Waals surface area contributed by atoms with E-state index in [1.54, 1.807) is 19.1 Å². The Hall–Kier alpha value is -3.01. The van der Waals surface area contributed by atoms with Gasteiger partial charge in [0.15, 0.2) is 23.6 Å². The zero-order valence-corrected chi connectivity index (χ0v) is 30.1. The molecular weight excluding hydrogens is 616 g/mol. The van der Waals surface area contributed by atoms with E-state index >= 15 is 4.79 Å².